The van der Waals surface area contributed by atoms with Gasteiger partial charge in [-0.15, -0.1) is 0 Å². The lowest BCUT2D eigenvalue weighted by molar-refractivity contribution is 0.561. The number of halogens is 1. The van der Waals surface area contributed by atoms with E-state index in [-0.39, 0.29) is 0 Å². The zero-order valence-corrected chi connectivity index (χ0v) is 18.4. The van der Waals surface area contributed by atoms with E-state index >= 15 is 0 Å². The van der Waals surface area contributed by atoms with Gasteiger partial charge in [-0.05, 0) is 48.6 Å². The van der Waals surface area contributed by atoms with Crippen molar-refractivity contribution in [3.05, 3.63) is 106 Å². The molecule has 1 N–H and O–H groups in total. The van der Waals surface area contributed by atoms with E-state index in [1.54, 1.807) is 0 Å². The zero-order valence-electron chi connectivity index (χ0n) is 17.7. The molecule has 0 spiro atoms. The van der Waals surface area contributed by atoms with Crippen LogP contribution in [-0.2, 0) is 6.42 Å². The Labute approximate surface area is 188 Å². The van der Waals surface area contributed by atoms with Gasteiger partial charge in [-0.3, -0.25) is 4.99 Å². The van der Waals surface area contributed by atoms with E-state index in [9.17, 15) is 0 Å². The van der Waals surface area contributed by atoms with Crippen molar-refractivity contribution in [3.63, 3.8) is 0 Å². The number of aliphatic imine (C=N–C) groups is 2. The van der Waals surface area contributed by atoms with Crippen LogP contribution in [0.3, 0.4) is 0 Å². The SMILES string of the molecule is Cc1ccc(CCNC2=NCC3CC(c4ccc(Cl)cc4)c4ccccc4C3=N2)cc1. The molecule has 1 aliphatic carbocycles. The molecule has 5 rings (SSSR count). The second-order valence-electron chi connectivity index (χ2n) is 8.45. The van der Waals surface area contributed by atoms with Crippen molar-refractivity contribution in [2.24, 2.45) is 15.9 Å². The van der Waals surface area contributed by atoms with Gasteiger partial charge in [-0.25, -0.2) is 4.99 Å². The number of fused-ring (bicyclic) bond motifs is 3. The van der Waals surface area contributed by atoms with Crippen molar-refractivity contribution < 1.29 is 0 Å². The molecule has 31 heavy (non-hydrogen) atoms. The van der Waals surface area contributed by atoms with Crippen LogP contribution in [0.1, 0.15) is 40.2 Å². The third kappa shape index (κ3) is 4.28. The number of rotatable bonds is 4. The molecule has 0 bridgehead atoms. The molecule has 3 nitrogen and oxygen atoms in total. The van der Waals surface area contributed by atoms with E-state index in [0.717, 1.165) is 36.9 Å². The van der Waals surface area contributed by atoms with Gasteiger partial charge in [-0.1, -0.05) is 77.8 Å². The molecule has 1 aliphatic heterocycles. The van der Waals surface area contributed by atoms with Gasteiger partial charge in [0.15, 0.2) is 0 Å². The highest BCUT2D eigenvalue weighted by Crippen LogP contribution is 2.40. The highest BCUT2D eigenvalue weighted by molar-refractivity contribution is 6.30. The van der Waals surface area contributed by atoms with E-state index < -0.39 is 0 Å². The Bertz CT molecular complexity index is 1130. The van der Waals surface area contributed by atoms with Gasteiger partial charge in [-0.2, -0.15) is 0 Å². The van der Waals surface area contributed by atoms with Gasteiger partial charge in [0.05, 0.1) is 12.3 Å². The molecular weight excluding hydrogens is 402 g/mol. The molecule has 1 heterocycles. The second kappa shape index (κ2) is 8.68. The first-order valence-corrected chi connectivity index (χ1v) is 11.3. The number of nitrogens with one attached hydrogen (secondary N) is 1. The standard InChI is InChI=1S/C27H26ClN3/c1-18-6-8-19(9-7-18)14-15-29-27-30-17-21-16-25(20-10-12-22(28)13-11-20)23-4-2-3-5-24(23)26(21)31-27/h2-13,21,25H,14-17H2,1H3,(H,29,30). The summed E-state index contributed by atoms with van der Waals surface area (Å²) in [6.07, 6.45) is 1.99. The van der Waals surface area contributed by atoms with Gasteiger partial charge < -0.3 is 5.32 Å². The summed E-state index contributed by atoms with van der Waals surface area (Å²) in [5.41, 5.74) is 7.70. The lowest BCUT2D eigenvalue weighted by atomic mass is 9.72. The molecule has 2 aliphatic rings. The van der Waals surface area contributed by atoms with E-state index in [4.69, 9.17) is 21.6 Å². The van der Waals surface area contributed by atoms with E-state index in [1.807, 2.05) is 12.1 Å². The number of nitrogens with zero attached hydrogens (tertiary/aromatic N) is 2. The summed E-state index contributed by atoms with van der Waals surface area (Å²) >= 11 is 6.12. The van der Waals surface area contributed by atoms with Crippen LogP contribution in [0.5, 0.6) is 0 Å². The van der Waals surface area contributed by atoms with Crippen LogP contribution in [0.4, 0.5) is 0 Å². The lowest BCUT2D eigenvalue weighted by Crippen LogP contribution is -2.36. The van der Waals surface area contributed by atoms with Crippen molar-refractivity contribution in [1.29, 1.82) is 0 Å². The summed E-state index contributed by atoms with van der Waals surface area (Å²) in [5.74, 6) is 1.46. The summed E-state index contributed by atoms with van der Waals surface area (Å²) in [7, 11) is 0. The molecule has 0 saturated heterocycles. The maximum atomic E-state index is 6.12. The van der Waals surface area contributed by atoms with Crippen LogP contribution in [0, 0.1) is 12.8 Å². The third-order valence-electron chi connectivity index (χ3n) is 6.30. The molecule has 0 aromatic heterocycles. The molecule has 3 aromatic rings. The maximum absolute atomic E-state index is 6.12. The molecule has 2 atom stereocenters. The van der Waals surface area contributed by atoms with Crippen LogP contribution in [0.25, 0.3) is 0 Å². The normalized spacial score (nSPS) is 19.7. The Morgan fingerprint density at radius 2 is 1.74 bits per heavy atom. The number of aryl methyl sites for hydroxylation is 1. The predicted octanol–water partition coefficient (Wildman–Crippen LogP) is 5.79. The largest absolute Gasteiger partial charge is 0.354 e. The molecule has 0 amide bonds. The van der Waals surface area contributed by atoms with E-state index in [2.05, 4.69) is 72.9 Å². The number of guanidine groups is 1. The summed E-state index contributed by atoms with van der Waals surface area (Å²) in [5, 5.41) is 4.22. The average molecular weight is 428 g/mol. The van der Waals surface area contributed by atoms with Crippen LogP contribution in [-0.4, -0.2) is 24.8 Å². The molecular formula is C27H26ClN3. The fourth-order valence-corrected chi connectivity index (χ4v) is 4.74. The Morgan fingerprint density at radius 3 is 2.55 bits per heavy atom. The van der Waals surface area contributed by atoms with Crippen LogP contribution >= 0.6 is 11.6 Å². The molecule has 156 valence electrons. The van der Waals surface area contributed by atoms with E-state index in [0.29, 0.717) is 11.8 Å². The van der Waals surface area contributed by atoms with Gasteiger partial charge in [0.2, 0.25) is 5.96 Å². The Hall–Kier alpha value is -2.91. The molecule has 0 radical (unpaired) electrons. The second-order valence-corrected chi connectivity index (χ2v) is 8.88. The van der Waals surface area contributed by atoms with Crippen molar-refractivity contribution in [3.8, 4) is 0 Å². The third-order valence-corrected chi connectivity index (χ3v) is 6.55. The van der Waals surface area contributed by atoms with Crippen molar-refractivity contribution in [2.75, 3.05) is 13.1 Å². The highest BCUT2D eigenvalue weighted by atomic mass is 35.5. The minimum absolute atomic E-state index is 0.346. The first kappa shape index (κ1) is 20.0. The van der Waals surface area contributed by atoms with Crippen LogP contribution in [0.2, 0.25) is 5.02 Å². The minimum Gasteiger partial charge on any atom is -0.354 e. The molecule has 0 saturated carbocycles. The number of hydrogen-bond donors (Lipinski definition) is 1. The summed E-state index contributed by atoms with van der Waals surface area (Å²) < 4.78 is 0. The van der Waals surface area contributed by atoms with Gasteiger partial charge in [0.1, 0.15) is 0 Å². The van der Waals surface area contributed by atoms with Gasteiger partial charge in [0, 0.05) is 29.0 Å². The minimum atomic E-state index is 0.346. The zero-order chi connectivity index (χ0) is 21.2. The Morgan fingerprint density at radius 1 is 0.968 bits per heavy atom. The Balaban J connectivity index is 1.35. The maximum Gasteiger partial charge on any atom is 0.218 e. The topological polar surface area (TPSA) is 36.8 Å². The highest BCUT2D eigenvalue weighted by Gasteiger charge is 2.34. The van der Waals surface area contributed by atoms with Crippen molar-refractivity contribution in [2.45, 2.75) is 25.7 Å². The van der Waals surface area contributed by atoms with Crippen LogP contribution in [0.15, 0.2) is 82.8 Å². The first-order chi connectivity index (χ1) is 15.2. The van der Waals surface area contributed by atoms with Gasteiger partial charge >= 0.3 is 0 Å². The molecule has 3 aromatic carbocycles. The summed E-state index contributed by atoms with van der Waals surface area (Å²) in [6.45, 7) is 3.73. The number of benzene rings is 3. The molecule has 2 unspecified atom stereocenters. The molecule has 0 fully saturated rings. The predicted molar refractivity (Wildman–Crippen MR) is 130 cm³/mol. The monoisotopic (exact) mass is 427 g/mol. The Kier molecular flexibility index (Phi) is 5.61. The van der Waals surface area contributed by atoms with Crippen molar-refractivity contribution >= 4 is 23.3 Å². The van der Waals surface area contributed by atoms with Crippen LogP contribution < -0.4 is 5.32 Å². The quantitative estimate of drug-likeness (QED) is 0.562. The van der Waals surface area contributed by atoms with Crippen molar-refractivity contribution in [1.82, 2.24) is 5.32 Å². The molecule has 4 heteroatoms. The smallest absolute Gasteiger partial charge is 0.218 e. The fourth-order valence-electron chi connectivity index (χ4n) is 4.62. The van der Waals surface area contributed by atoms with Gasteiger partial charge in [0.25, 0.3) is 0 Å². The first-order valence-electron chi connectivity index (χ1n) is 10.9. The fraction of sp³-hybridized carbons (Fsp3) is 0.259. The average Bonchev–Trinajstić information content (AvgIpc) is 2.80. The summed E-state index contributed by atoms with van der Waals surface area (Å²) in [4.78, 5) is 9.74. The van der Waals surface area contributed by atoms with E-state index in [1.165, 1.54) is 33.5 Å². The lowest BCUT2D eigenvalue weighted by Gasteiger charge is -2.34. The summed E-state index contributed by atoms with van der Waals surface area (Å²) in [6, 6.07) is 25.7. The number of hydrogen-bond acceptors (Lipinski definition) is 3.